The van der Waals surface area contributed by atoms with Gasteiger partial charge in [-0.05, 0) is 17.7 Å². The molecule has 1 heterocycles. The molecule has 3 aromatic rings. The van der Waals surface area contributed by atoms with Crippen molar-refractivity contribution in [3.63, 3.8) is 0 Å². The Labute approximate surface area is 161 Å². The number of aliphatic hydroxyl groups excluding tert-OH is 1. The molecule has 0 bridgehead atoms. The van der Waals surface area contributed by atoms with Gasteiger partial charge >= 0.3 is 11.9 Å². The van der Waals surface area contributed by atoms with E-state index in [2.05, 4.69) is 0 Å². The molecule has 0 aliphatic rings. The summed E-state index contributed by atoms with van der Waals surface area (Å²) in [5.41, 5.74) is -0.220. The second kappa shape index (κ2) is 7.52. The maximum atomic E-state index is 12.7. The number of fused-ring (bicyclic) bond motifs is 1. The van der Waals surface area contributed by atoms with Crippen LogP contribution in [0.15, 0.2) is 51.9 Å². The van der Waals surface area contributed by atoms with Crippen molar-refractivity contribution in [1.29, 1.82) is 0 Å². The molecule has 2 aromatic carbocycles. The van der Waals surface area contributed by atoms with Gasteiger partial charge in [0.25, 0.3) is 0 Å². The number of ether oxygens (including phenoxy) is 1. The standard InChI is InChI=1S/C19H14O10/c20-9-3-1-8(2-4-9)11-7-28-13-6-10(5-12(21)14(13)15(11)22)29-17(19(26)27)16(23)18(24)25/h1-7,16-17,20-21,23H,(H,24,25)(H,26,27). The van der Waals surface area contributed by atoms with E-state index in [1.165, 1.54) is 24.3 Å². The van der Waals surface area contributed by atoms with E-state index < -0.39 is 35.3 Å². The number of aliphatic carboxylic acids is 2. The molecule has 29 heavy (non-hydrogen) atoms. The molecule has 0 aliphatic heterocycles. The van der Waals surface area contributed by atoms with Crippen LogP contribution in [-0.4, -0.2) is 49.7 Å². The first-order valence-corrected chi connectivity index (χ1v) is 8.07. The lowest BCUT2D eigenvalue weighted by Crippen LogP contribution is -2.43. The Balaban J connectivity index is 2.05. The van der Waals surface area contributed by atoms with Crippen LogP contribution in [0.1, 0.15) is 0 Å². The van der Waals surface area contributed by atoms with E-state index in [-0.39, 0.29) is 28.0 Å². The van der Waals surface area contributed by atoms with Crippen LogP contribution < -0.4 is 10.2 Å². The van der Waals surface area contributed by atoms with E-state index in [4.69, 9.17) is 19.4 Å². The van der Waals surface area contributed by atoms with Crippen molar-refractivity contribution in [2.24, 2.45) is 0 Å². The number of aliphatic hydroxyl groups is 1. The Morgan fingerprint density at radius 3 is 2.24 bits per heavy atom. The fourth-order valence-electron chi connectivity index (χ4n) is 2.64. The highest BCUT2D eigenvalue weighted by atomic mass is 16.5. The molecule has 5 N–H and O–H groups in total. The van der Waals surface area contributed by atoms with Crippen LogP contribution in [0.2, 0.25) is 0 Å². The summed E-state index contributed by atoms with van der Waals surface area (Å²) in [6.45, 7) is 0. The zero-order chi connectivity index (χ0) is 21.3. The largest absolute Gasteiger partial charge is 0.508 e. The van der Waals surface area contributed by atoms with Crippen LogP contribution in [0, 0.1) is 0 Å². The predicted molar refractivity (Wildman–Crippen MR) is 96.9 cm³/mol. The van der Waals surface area contributed by atoms with Crippen molar-refractivity contribution in [3.8, 4) is 28.4 Å². The van der Waals surface area contributed by atoms with Gasteiger partial charge < -0.3 is 34.7 Å². The van der Waals surface area contributed by atoms with E-state index in [9.17, 15) is 29.7 Å². The Morgan fingerprint density at radius 2 is 1.66 bits per heavy atom. The molecule has 3 rings (SSSR count). The summed E-state index contributed by atoms with van der Waals surface area (Å²) in [6, 6.07) is 7.69. The topological polar surface area (TPSA) is 175 Å². The van der Waals surface area contributed by atoms with Gasteiger partial charge in [0.1, 0.15) is 34.5 Å². The molecule has 10 nitrogen and oxygen atoms in total. The van der Waals surface area contributed by atoms with Gasteiger partial charge in [-0.1, -0.05) is 12.1 Å². The summed E-state index contributed by atoms with van der Waals surface area (Å²) in [5.74, 6) is -4.49. The number of aromatic hydroxyl groups is 2. The first kappa shape index (κ1) is 19.7. The quantitative estimate of drug-likeness (QED) is 0.402. The molecule has 0 saturated carbocycles. The summed E-state index contributed by atoms with van der Waals surface area (Å²) in [6.07, 6.45) is -3.41. The number of carbonyl (C=O) groups is 2. The van der Waals surface area contributed by atoms with Crippen molar-refractivity contribution in [3.05, 3.63) is 52.9 Å². The van der Waals surface area contributed by atoms with Gasteiger partial charge in [0.05, 0.1) is 5.56 Å². The number of benzene rings is 2. The number of rotatable bonds is 6. The van der Waals surface area contributed by atoms with Crippen LogP contribution in [0.5, 0.6) is 17.2 Å². The monoisotopic (exact) mass is 402 g/mol. The van der Waals surface area contributed by atoms with Crippen LogP contribution in [0.4, 0.5) is 0 Å². The third-order valence-electron chi connectivity index (χ3n) is 4.05. The smallest absolute Gasteiger partial charge is 0.348 e. The average molecular weight is 402 g/mol. The van der Waals surface area contributed by atoms with Crippen LogP contribution in [0.25, 0.3) is 22.1 Å². The minimum absolute atomic E-state index is 0.0000906. The highest BCUT2D eigenvalue weighted by Crippen LogP contribution is 2.31. The zero-order valence-electron chi connectivity index (χ0n) is 14.5. The number of phenolic OH excluding ortho intramolecular Hbond substituents is 2. The molecule has 0 fully saturated rings. The number of carboxylic acid groups (broad SMARTS) is 2. The second-order valence-corrected chi connectivity index (χ2v) is 6.00. The molecule has 0 radical (unpaired) electrons. The van der Waals surface area contributed by atoms with E-state index in [0.717, 1.165) is 18.4 Å². The van der Waals surface area contributed by atoms with Crippen LogP contribution >= 0.6 is 0 Å². The molecular formula is C19H14O10. The van der Waals surface area contributed by atoms with Gasteiger partial charge in [-0.3, -0.25) is 4.79 Å². The first-order valence-electron chi connectivity index (χ1n) is 8.07. The van der Waals surface area contributed by atoms with E-state index in [1.54, 1.807) is 0 Å². The van der Waals surface area contributed by atoms with Gasteiger partial charge in [-0.2, -0.15) is 0 Å². The average Bonchev–Trinajstić information content (AvgIpc) is 2.66. The Bertz CT molecular complexity index is 1150. The maximum absolute atomic E-state index is 12.7. The van der Waals surface area contributed by atoms with Gasteiger partial charge in [0.15, 0.2) is 6.10 Å². The molecule has 0 amide bonds. The Morgan fingerprint density at radius 1 is 1.00 bits per heavy atom. The lowest BCUT2D eigenvalue weighted by molar-refractivity contribution is -0.163. The molecule has 2 unspecified atom stereocenters. The minimum atomic E-state index is -2.37. The third kappa shape index (κ3) is 3.82. The van der Waals surface area contributed by atoms with Gasteiger partial charge in [0, 0.05) is 12.1 Å². The molecule has 1 aromatic heterocycles. The van der Waals surface area contributed by atoms with E-state index >= 15 is 0 Å². The van der Waals surface area contributed by atoms with Crippen molar-refractivity contribution >= 4 is 22.9 Å². The first-order chi connectivity index (χ1) is 13.7. The number of hydrogen-bond acceptors (Lipinski definition) is 8. The number of hydrogen-bond donors (Lipinski definition) is 5. The highest BCUT2D eigenvalue weighted by molar-refractivity contribution is 5.88. The van der Waals surface area contributed by atoms with Gasteiger partial charge in [-0.15, -0.1) is 0 Å². The van der Waals surface area contributed by atoms with Gasteiger partial charge in [0.2, 0.25) is 11.5 Å². The van der Waals surface area contributed by atoms with Gasteiger partial charge in [-0.25, -0.2) is 9.59 Å². The fraction of sp³-hybridized carbons (Fsp3) is 0.105. The summed E-state index contributed by atoms with van der Waals surface area (Å²) < 4.78 is 10.3. The molecule has 0 saturated heterocycles. The summed E-state index contributed by atoms with van der Waals surface area (Å²) in [7, 11) is 0. The lowest BCUT2D eigenvalue weighted by Gasteiger charge is -2.18. The van der Waals surface area contributed by atoms with E-state index in [1.807, 2.05) is 0 Å². The van der Waals surface area contributed by atoms with Crippen LogP contribution in [-0.2, 0) is 9.59 Å². The number of carboxylic acids is 2. The Kier molecular flexibility index (Phi) is 5.11. The summed E-state index contributed by atoms with van der Waals surface area (Å²) >= 11 is 0. The molecular weight excluding hydrogens is 388 g/mol. The van der Waals surface area contributed by atoms with Crippen LogP contribution in [0.3, 0.4) is 0 Å². The number of phenols is 2. The second-order valence-electron chi connectivity index (χ2n) is 6.00. The molecule has 150 valence electrons. The molecule has 2 atom stereocenters. The highest BCUT2D eigenvalue weighted by Gasteiger charge is 2.34. The SMILES string of the molecule is O=C(O)C(O)C(Oc1cc(O)c2c(=O)c(-c3ccc(O)cc3)coc2c1)C(=O)O. The predicted octanol–water partition coefficient (Wildman–Crippen LogP) is 1.15. The minimum Gasteiger partial charge on any atom is -0.508 e. The zero-order valence-corrected chi connectivity index (χ0v) is 14.5. The lowest BCUT2D eigenvalue weighted by atomic mass is 10.0. The van der Waals surface area contributed by atoms with Crippen molar-refractivity contribution in [2.45, 2.75) is 12.2 Å². The third-order valence-corrected chi connectivity index (χ3v) is 4.05. The normalized spacial score (nSPS) is 13.0. The Hall–Kier alpha value is -4.05. The summed E-state index contributed by atoms with van der Waals surface area (Å²) in [5, 5.41) is 46.7. The summed E-state index contributed by atoms with van der Waals surface area (Å²) in [4.78, 5) is 34.7. The van der Waals surface area contributed by atoms with E-state index in [0.29, 0.717) is 5.56 Å². The van der Waals surface area contributed by atoms with Crippen molar-refractivity contribution < 1.29 is 44.3 Å². The van der Waals surface area contributed by atoms with Crippen molar-refractivity contribution in [2.75, 3.05) is 0 Å². The van der Waals surface area contributed by atoms with Crippen molar-refractivity contribution in [1.82, 2.24) is 0 Å². The fourth-order valence-corrected chi connectivity index (χ4v) is 2.64. The molecule has 10 heteroatoms. The maximum Gasteiger partial charge on any atom is 0.348 e. The molecule has 0 aliphatic carbocycles. The molecule has 0 spiro atoms.